The van der Waals surface area contributed by atoms with E-state index in [9.17, 15) is 4.79 Å². The van der Waals surface area contributed by atoms with Crippen molar-refractivity contribution in [2.45, 2.75) is 46.0 Å². The van der Waals surface area contributed by atoms with Crippen LogP contribution in [0, 0.1) is 0 Å². The molecule has 0 fully saturated rings. The fourth-order valence-electron chi connectivity index (χ4n) is 1.04. The van der Waals surface area contributed by atoms with E-state index in [1.165, 1.54) is 6.42 Å². The molecule has 0 amide bonds. The first-order chi connectivity index (χ1) is 7.31. The largest absolute Gasteiger partial charge is 0.461 e. The predicted molar refractivity (Wildman–Crippen MR) is 63.7 cm³/mol. The summed E-state index contributed by atoms with van der Waals surface area (Å²) in [5.41, 5.74) is 0. The number of carbonyl (C=O) groups excluding carboxylic acids is 1. The topological polar surface area (TPSA) is 26.3 Å². The van der Waals surface area contributed by atoms with Crippen LogP contribution >= 0.6 is 0 Å². The summed E-state index contributed by atoms with van der Waals surface area (Å²) in [7, 11) is 0. The summed E-state index contributed by atoms with van der Waals surface area (Å²) >= 11 is 0. The molecule has 0 aromatic rings. The van der Waals surface area contributed by atoms with Gasteiger partial charge in [0.15, 0.2) is 0 Å². The Balaban J connectivity index is 3.35. The molecule has 15 heavy (non-hydrogen) atoms. The molecule has 0 aliphatic rings. The van der Waals surface area contributed by atoms with E-state index >= 15 is 0 Å². The first-order valence-electron chi connectivity index (χ1n) is 5.76. The molecule has 0 N–H and O–H groups in total. The Kier molecular flexibility index (Phi) is 10.3. The quantitative estimate of drug-likeness (QED) is 0.451. The zero-order chi connectivity index (χ0) is 11.4. The van der Waals surface area contributed by atoms with Crippen LogP contribution in [0.5, 0.6) is 0 Å². The molecular formula is C13H22O2. The third kappa shape index (κ3) is 10.9. The SMILES string of the molecule is CCC/C=C\C/C=C\COC(=O)CCC. The van der Waals surface area contributed by atoms with Crippen molar-refractivity contribution in [2.75, 3.05) is 6.61 Å². The summed E-state index contributed by atoms with van der Waals surface area (Å²) in [5, 5.41) is 0. The van der Waals surface area contributed by atoms with Gasteiger partial charge in [0, 0.05) is 6.42 Å². The van der Waals surface area contributed by atoms with Crippen molar-refractivity contribution in [3.8, 4) is 0 Å². The summed E-state index contributed by atoms with van der Waals surface area (Å²) in [4.78, 5) is 10.9. The van der Waals surface area contributed by atoms with Gasteiger partial charge >= 0.3 is 5.97 Å². The molecule has 0 atom stereocenters. The smallest absolute Gasteiger partial charge is 0.306 e. The third-order valence-corrected chi connectivity index (χ3v) is 1.86. The number of unbranched alkanes of at least 4 members (excludes halogenated alkanes) is 1. The first kappa shape index (κ1) is 13.9. The van der Waals surface area contributed by atoms with Crippen LogP contribution in [0.3, 0.4) is 0 Å². The number of hydrogen-bond donors (Lipinski definition) is 0. The zero-order valence-corrected chi connectivity index (χ0v) is 9.87. The molecule has 86 valence electrons. The molecule has 0 heterocycles. The third-order valence-electron chi connectivity index (χ3n) is 1.86. The molecule has 0 spiro atoms. The van der Waals surface area contributed by atoms with Crippen LogP contribution in [-0.2, 0) is 9.53 Å². The van der Waals surface area contributed by atoms with Gasteiger partial charge in [0.1, 0.15) is 6.61 Å². The van der Waals surface area contributed by atoms with Crippen molar-refractivity contribution < 1.29 is 9.53 Å². The molecule has 2 nitrogen and oxygen atoms in total. The molecule has 0 aromatic heterocycles. The minimum atomic E-state index is -0.108. The lowest BCUT2D eigenvalue weighted by molar-refractivity contribution is -0.142. The lowest BCUT2D eigenvalue weighted by atomic mass is 10.3. The van der Waals surface area contributed by atoms with Gasteiger partial charge in [-0.1, -0.05) is 44.6 Å². The van der Waals surface area contributed by atoms with E-state index in [1.807, 2.05) is 19.1 Å². The second-order valence-electron chi connectivity index (χ2n) is 3.40. The van der Waals surface area contributed by atoms with Crippen LogP contribution in [0.25, 0.3) is 0 Å². The molecule has 0 aliphatic heterocycles. The van der Waals surface area contributed by atoms with Crippen molar-refractivity contribution in [1.82, 2.24) is 0 Å². The molecular weight excluding hydrogens is 188 g/mol. The van der Waals surface area contributed by atoms with Gasteiger partial charge in [-0.3, -0.25) is 4.79 Å². The number of esters is 1. The highest BCUT2D eigenvalue weighted by Gasteiger charge is 1.96. The lowest BCUT2D eigenvalue weighted by Gasteiger charge is -1.98. The Morgan fingerprint density at radius 1 is 1.07 bits per heavy atom. The molecule has 0 aromatic carbocycles. The van der Waals surface area contributed by atoms with Crippen molar-refractivity contribution >= 4 is 5.97 Å². The molecule has 0 unspecified atom stereocenters. The van der Waals surface area contributed by atoms with E-state index in [-0.39, 0.29) is 5.97 Å². The second-order valence-corrected chi connectivity index (χ2v) is 3.40. The summed E-state index contributed by atoms with van der Waals surface area (Å²) in [6.07, 6.45) is 12.8. The Bertz CT molecular complexity index is 205. The molecule has 0 bridgehead atoms. The van der Waals surface area contributed by atoms with Crippen LogP contribution < -0.4 is 0 Å². The molecule has 0 rings (SSSR count). The lowest BCUT2D eigenvalue weighted by Crippen LogP contribution is -2.02. The van der Waals surface area contributed by atoms with Gasteiger partial charge < -0.3 is 4.74 Å². The van der Waals surface area contributed by atoms with Gasteiger partial charge in [-0.05, 0) is 19.3 Å². The number of carbonyl (C=O) groups is 1. The first-order valence-corrected chi connectivity index (χ1v) is 5.76. The molecule has 0 saturated carbocycles. The highest BCUT2D eigenvalue weighted by molar-refractivity contribution is 5.69. The Morgan fingerprint density at radius 3 is 2.47 bits per heavy atom. The maximum absolute atomic E-state index is 10.9. The van der Waals surface area contributed by atoms with E-state index in [4.69, 9.17) is 4.74 Å². The van der Waals surface area contributed by atoms with Crippen LogP contribution in [0.1, 0.15) is 46.0 Å². The van der Waals surface area contributed by atoms with Gasteiger partial charge in [0.05, 0.1) is 0 Å². The van der Waals surface area contributed by atoms with Crippen molar-refractivity contribution in [2.24, 2.45) is 0 Å². The van der Waals surface area contributed by atoms with Crippen LogP contribution in [0.15, 0.2) is 24.3 Å². The molecule has 0 saturated heterocycles. The number of hydrogen-bond acceptors (Lipinski definition) is 2. The fraction of sp³-hybridized carbons (Fsp3) is 0.615. The maximum Gasteiger partial charge on any atom is 0.306 e. The average Bonchev–Trinajstić information content (AvgIpc) is 2.22. The van der Waals surface area contributed by atoms with Crippen molar-refractivity contribution in [1.29, 1.82) is 0 Å². The number of allylic oxidation sites excluding steroid dienone is 3. The monoisotopic (exact) mass is 210 g/mol. The average molecular weight is 210 g/mol. The Hall–Kier alpha value is -1.05. The summed E-state index contributed by atoms with van der Waals surface area (Å²) in [5.74, 6) is -0.108. The molecule has 0 radical (unpaired) electrons. The van der Waals surface area contributed by atoms with E-state index in [0.717, 1.165) is 19.3 Å². The normalized spacial score (nSPS) is 11.3. The summed E-state index contributed by atoms with van der Waals surface area (Å²) < 4.78 is 4.96. The van der Waals surface area contributed by atoms with Crippen LogP contribution in [0.4, 0.5) is 0 Å². The van der Waals surface area contributed by atoms with Crippen molar-refractivity contribution in [3.63, 3.8) is 0 Å². The van der Waals surface area contributed by atoms with E-state index in [0.29, 0.717) is 13.0 Å². The number of rotatable bonds is 8. The van der Waals surface area contributed by atoms with Gasteiger partial charge in [-0.15, -0.1) is 0 Å². The maximum atomic E-state index is 10.9. The van der Waals surface area contributed by atoms with Gasteiger partial charge in [-0.25, -0.2) is 0 Å². The van der Waals surface area contributed by atoms with E-state index < -0.39 is 0 Å². The Morgan fingerprint density at radius 2 is 1.80 bits per heavy atom. The minimum Gasteiger partial charge on any atom is -0.461 e. The van der Waals surface area contributed by atoms with Crippen LogP contribution in [0.2, 0.25) is 0 Å². The van der Waals surface area contributed by atoms with Gasteiger partial charge in [-0.2, -0.15) is 0 Å². The second kappa shape index (κ2) is 11.0. The van der Waals surface area contributed by atoms with E-state index in [2.05, 4.69) is 19.1 Å². The molecule has 2 heteroatoms. The Labute approximate surface area is 93.0 Å². The van der Waals surface area contributed by atoms with Gasteiger partial charge in [0.25, 0.3) is 0 Å². The summed E-state index contributed by atoms with van der Waals surface area (Å²) in [6, 6.07) is 0. The van der Waals surface area contributed by atoms with Gasteiger partial charge in [0.2, 0.25) is 0 Å². The minimum absolute atomic E-state index is 0.108. The summed E-state index contributed by atoms with van der Waals surface area (Å²) in [6.45, 7) is 4.53. The van der Waals surface area contributed by atoms with Crippen molar-refractivity contribution in [3.05, 3.63) is 24.3 Å². The highest BCUT2D eigenvalue weighted by Crippen LogP contribution is 1.94. The van der Waals surface area contributed by atoms with E-state index in [1.54, 1.807) is 0 Å². The highest BCUT2D eigenvalue weighted by atomic mass is 16.5. The molecule has 0 aliphatic carbocycles. The predicted octanol–water partition coefficient (Wildman–Crippen LogP) is 3.63. The fourth-order valence-corrected chi connectivity index (χ4v) is 1.04. The number of ether oxygens (including phenoxy) is 1. The standard InChI is InChI=1S/C13H22O2/c1-3-5-6-7-8-9-10-12-15-13(14)11-4-2/h6-7,9-10H,3-5,8,11-12H2,1-2H3/b7-6-,10-9-. The van der Waals surface area contributed by atoms with Crippen LogP contribution in [-0.4, -0.2) is 12.6 Å². The zero-order valence-electron chi connectivity index (χ0n) is 9.87.